The molecule has 0 radical (unpaired) electrons. The van der Waals surface area contributed by atoms with Crippen molar-refractivity contribution in [1.82, 2.24) is 0 Å². The van der Waals surface area contributed by atoms with E-state index in [0.29, 0.717) is 0 Å². The first kappa shape index (κ1) is 13.0. The van der Waals surface area contributed by atoms with E-state index in [9.17, 15) is 4.39 Å². The molecule has 4 heteroatoms. The molecule has 0 aromatic heterocycles. The molecule has 2 aromatic carbocycles. The van der Waals surface area contributed by atoms with Gasteiger partial charge >= 0.3 is 0 Å². The van der Waals surface area contributed by atoms with Crippen LogP contribution >= 0.6 is 11.6 Å². The lowest BCUT2D eigenvalue weighted by Crippen LogP contribution is -2.05. The van der Waals surface area contributed by atoms with Crippen LogP contribution in [0.2, 0.25) is 5.02 Å². The molecule has 1 aliphatic rings. The summed E-state index contributed by atoms with van der Waals surface area (Å²) in [5, 5.41) is 9.75. The minimum absolute atomic E-state index is 0.0528. The van der Waals surface area contributed by atoms with E-state index in [4.69, 9.17) is 21.6 Å². The van der Waals surface area contributed by atoms with Crippen molar-refractivity contribution in [3.63, 3.8) is 0 Å². The van der Waals surface area contributed by atoms with Crippen LogP contribution in [-0.4, -0.2) is 0 Å². The molecule has 0 saturated carbocycles. The summed E-state index contributed by atoms with van der Waals surface area (Å²) in [6.45, 7) is 0. The van der Waals surface area contributed by atoms with E-state index in [1.54, 1.807) is 12.1 Å². The zero-order chi connectivity index (χ0) is 14.1. The lowest BCUT2D eigenvalue weighted by Gasteiger charge is -2.16. The Morgan fingerprint density at radius 2 is 2.05 bits per heavy atom. The van der Waals surface area contributed by atoms with E-state index in [1.165, 1.54) is 6.07 Å². The van der Waals surface area contributed by atoms with E-state index in [0.717, 1.165) is 29.0 Å². The summed E-state index contributed by atoms with van der Waals surface area (Å²) in [4.78, 5) is 0. The number of fused-ring (bicyclic) bond motifs is 1. The molecule has 0 amide bonds. The monoisotopic (exact) mass is 287 g/mol. The Morgan fingerprint density at radius 3 is 2.85 bits per heavy atom. The maximum Gasteiger partial charge on any atom is 0.144 e. The molecular formula is C16H11ClFNO. The average molecular weight is 288 g/mol. The molecule has 1 aliphatic carbocycles. The maximum atomic E-state index is 13.6. The molecule has 20 heavy (non-hydrogen) atoms. The van der Waals surface area contributed by atoms with Gasteiger partial charge in [0.25, 0.3) is 0 Å². The maximum absolute atomic E-state index is 13.6. The van der Waals surface area contributed by atoms with Crippen molar-refractivity contribution >= 4 is 11.6 Å². The van der Waals surface area contributed by atoms with Crippen LogP contribution in [0.4, 0.5) is 4.39 Å². The van der Waals surface area contributed by atoms with Gasteiger partial charge in [0, 0.05) is 5.02 Å². The van der Waals surface area contributed by atoms with Crippen molar-refractivity contribution in [2.24, 2.45) is 0 Å². The molecule has 2 aromatic rings. The summed E-state index contributed by atoms with van der Waals surface area (Å²) in [5.41, 5.74) is 2.04. The number of hydrogen-bond acceptors (Lipinski definition) is 2. The fourth-order valence-electron chi connectivity index (χ4n) is 2.56. The van der Waals surface area contributed by atoms with Crippen LogP contribution in [0.15, 0.2) is 36.4 Å². The van der Waals surface area contributed by atoms with Gasteiger partial charge in [-0.1, -0.05) is 29.8 Å². The first-order chi connectivity index (χ1) is 9.70. The quantitative estimate of drug-likeness (QED) is 0.819. The highest BCUT2D eigenvalue weighted by Crippen LogP contribution is 2.39. The zero-order valence-electron chi connectivity index (χ0n) is 10.6. The van der Waals surface area contributed by atoms with Crippen LogP contribution in [-0.2, 0) is 6.42 Å². The first-order valence-corrected chi connectivity index (χ1v) is 6.71. The van der Waals surface area contributed by atoms with Crippen molar-refractivity contribution in [3.8, 4) is 11.8 Å². The Morgan fingerprint density at radius 1 is 1.25 bits per heavy atom. The van der Waals surface area contributed by atoms with Gasteiger partial charge < -0.3 is 4.74 Å². The van der Waals surface area contributed by atoms with E-state index < -0.39 is 5.82 Å². The number of nitrogens with zero attached hydrogens (tertiary/aromatic N) is 1. The second-order valence-electron chi connectivity index (χ2n) is 4.68. The highest BCUT2D eigenvalue weighted by Gasteiger charge is 2.26. The van der Waals surface area contributed by atoms with Crippen LogP contribution in [0.5, 0.6) is 5.75 Å². The van der Waals surface area contributed by atoms with Gasteiger partial charge in [0.15, 0.2) is 0 Å². The van der Waals surface area contributed by atoms with Crippen LogP contribution in [0, 0.1) is 17.1 Å². The second-order valence-corrected chi connectivity index (χ2v) is 5.08. The van der Waals surface area contributed by atoms with Gasteiger partial charge in [-0.25, -0.2) is 4.39 Å². The summed E-state index contributed by atoms with van der Waals surface area (Å²) in [5.74, 6) is -0.278. The van der Waals surface area contributed by atoms with Crippen molar-refractivity contribution < 1.29 is 9.13 Å². The smallest absolute Gasteiger partial charge is 0.144 e. The van der Waals surface area contributed by atoms with Gasteiger partial charge in [0.1, 0.15) is 29.3 Å². The number of nitriles is 1. The van der Waals surface area contributed by atoms with Crippen molar-refractivity contribution in [2.45, 2.75) is 18.9 Å². The lowest BCUT2D eigenvalue weighted by atomic mass is 10.1. The third-order valence-electron chi connectivity index (χ3n) is 3.51. The highest BCUT2D eigenvalue weighted by molar-refractivity contribution is 6.31. The second kappa shape index (κ2) is 5.15. The minimum atomic E-state index is -0.561. The Labute approximate surface area is 121 Å². The molecule has 3 rings (SSSR count). The Kier molecular flexibility index (Phi) is 3.33. The summed E-state index contributed by atoms with van der Waals surface area (Å²) in [6.07, 6.45) is 1.43. The Hall–Kier alpha value is -2.05. The molecule has 2 nitrogen and oxygen atoms in total. The summed E-state index contributed by atoms with van der Waals surface area (Å²) in [7, 11) is 0. The highest BCUT2D eigenvalue weighted by atomic mass is 35.5. The average Bonchev–Trinajstić information content (AvgIpc) is 2.84. The molecule has 0 bridgehead atoms. The third kappa shape index (κ3) is 2.13. The largest absolute Gasteiger partial charge is 0.484 e. The SMILES string of the molecule is N#Cc1c(F)cccc1OC1CCc2c(Cl)cccc21. The topological polar surface area (TPSA) is 33.0 Å². The fraction of sp³-hybridized carbons (Fsp3) is 0.188. The lowest BCUT2D eigenvalue weighted by molar-refractivity contribution is 0.206. The Balaban J connectivity index is 1.94. The van der Waals surface area contributed by atoms with E-state index >= 15 is 0 Å². The van der Waals surface area contributed by atoms with Crippen molar-refractivity contribution in [2.75, 3.05) is 0 Å². The number of halogens is 2. The fourth-order valence-corrected chi connectivity index (χ4v) is 2.83. The number of hydrogen-bond donors (Lipinski definition) is 0. The van der Waals surface area contributed by atoms with Crippen LogP contribution in [0.3, 0.4) is 0 Å². The number of rotatable bonds is 2. The normalized spacial score (nSPS) is 16.6. The zero-order valence-corrected chi connectivity index (χ0v) is 11.3. The van der Waals surface area contributed by atoms with Gasteiger partial charge in [-0.05, 0) is 42.2 Å². The molecule has 0 aliphatic heterocycles. The molecule has 0 fully saturated rings. The molecular weight excluding hydrogens is 277 g/mol. The third-order valence-corrected chi connectivity index (χ3v) is 3.87. The predicted octanol–water partition coefficient (Wildman–Crippen LogP) is 4.42. The standard InChI is InChI=1S/C16H11ClFNO/c17-13-4-1-3-11-10(13)7-8-16(11)20-15-6-2-5-14(18)12(15)9-19/h1-6,16H,7-8H2. The number of benzene rings is 2. The molecule has 0 heterocycles. The first-order valence-electron chi connectivity index (χ1n) is 6.33. The molecule has 0 N–H and O–H groups in total. The van der Waals surface area contributed by atoms with Gasteiger partial charge in [-0.3, -0.25) is 0 Å². The van der Waals surface area contributed by atoms with Crippen molar-refractivity contribution in [1.29, 1.82) is 5.26 Å². The van der Waals surface area contributed by atoms with Gasteiger partial charge in [-0.2, -0.15) is 5.26 Å². The van der Waals surface area contributed by atoms with Crippen LogP contribution in [0.25, 0.3) is 0 Å². The summed E-state index contributed by atoms with van der Waals surface area (Å²) in [6, 6.07) is 11.9. The van der Waals surface area contributed by atoms with Gasteiger partial charge in [-0.15, -0.1) is 0 Å². The van der Waals surface area contributed by atoms with Crippen LogP contribution in [0.1, 0.15) is 29.2 Å². The summed E-state index contributed by atoms with van der Waals surface area (Å²) < 4.78 is 19.4. The molecule has 100 valence electrons. The van der Waals surface area contributed by atoms with E-state index in [1.807, 2.05) is 24.3 Å². The van der Waals surface area contributed by atoms with Gasteiger partial charge in [0.2, 0.25) is 0 Å². The predicted molar refractivity (Wildman–Crippen MR) is 74.3 cm³/mol. The molecule has 0 spiro atoms. The van der Waals surface area contributed by atoms with E-state index in [-0.39, 0.29) is 17.4 Å². The van der Waals surface area contributed by atoms with E-state index in [2.05, 4.69) is 0 Å². The summed E-state index contributed by atoms with van der Waals surface area (Å²) >= 11 is 6.15. The molecule has 1 unspecified atom stereocenters. The Bertz CT molecular complexity index is 708. The molecule has 0 saturated heterocycles. The molecule has 1 atom stereocenters. The van der Waals surface area contributed by atoms with Crippen LogP contribution < -0.4 is 4.74 Å². The van der Waals surface area contributed by atoms with Crippen molar-refractivity contribution in [3.05, 3.63) is 63.9 Å². The van der Waals surface area contributed by atoms with Gasteiger partial charge in [0.05, 0.1) is 0 Å². The minimum Gasteiger partial charge on any atom is -0.484 e. The number of ether oxygens (including phenoxy) is 1.